The SMILES string of the molecule is CCc1cccc(CC)c1-c1cc(C)cc(C)c1N. The van der Waals surface area contributed by atoms with Crippen LogP contribution in [-0.2, 0) is 12.8 Å². The molecule has 0 saturated carbocycles. The zero-order valence-corrected chi connectivity index (χ0v) is 12.4. The largest absolute Gasteiger partial charge is 0.398 e. The molecule has 0 amide bonds. The summed E-state index contributed by atoms with van der Waals surface area (Å²) in [7, 11) is 0. The maximum absolute atomic E-state index is 6.33. The summed E-state index contributed by atoms with van der Waals surface area (Å²) in [4.78, 5) is 0. The molecule has 0 heterocycles. The van der Waals surface area contributed by atoms with Gasteiger partial charge in [-0.25, -0.2) is 0 Å². The van der Waals surface area contributed by atoms with Gasteiger partial charge in [-0.15, -0.1) is 0 Å². The van der Waals surface area contributed by atoms with Crippen LogP contribution in [0, 0.1) is 13.8 Å². The van der Waals surface area contributed by atoms with E-state index >= 15 is 0 Å². The van der Waals surface area contributed by atoms with Gasteiger partial charge in [-0.05, 0) is 55.0 Å². The predicted octanol–water partition coefficient (Wildman–Crippen LogP) is 4.68. The van der Waals surface area contributed by atoms with Gasteiger partial charge in [0.1, 0.15) is 0 Å². The summed E-state index contributed by atoms with van der Waals surface area (Å²) < 4.78 is 0. The van der Waals surface area contributed by atoms with E-state index < -0.39 is 0 Å². The maximum atomic E-state index is 6.33. The Morgan fingerprint density at radius 1 is 0.947 bits per heavy atom. The van der Waals surface area contributed by atoms with Crippen LogP contribution >= 0.6 is 0 Å². The summed E-state index contributed by atoms with van der Waals surface area (Å²) in [6.45, 7) is 8.64. The molecule has 1 nitrogen and oxygen atoms in total. The molecule has 0 aliphatic rings. The van der Waals surface area contributed by atoms with Gasteiger partial charge >= 0.3 is 0 Å². The number of benzene rings is 2. The molecule has 0 spiro atoms. The van der Waals surface area contributed by atoms with Crippen LogP contribution in [-0.4, -0.2) is 0 Å². The molecule has 0 aromatic heterocycles. The lowest BCUT2D eigenvalue weighted by Crippen LogP contribution is -2.00. The third-order valence-electron chi connectivity index (χ3n) is 3.80. The second kappa shape index (κ2) is 5.48. The van der Waals surface area contributed by atoms with Crippen molar-refractivity contribution in [2.24, 2.45) is 0 Å². The van der Waals surface area contributed by atoms with E-state index in [-0.39, 0.29) is 0 Å². The quantitative estimate of drug-likeness (QED) is 0.790. The molecule has 0 saturated heterocycles. The Kier molecular flexibility index (Phi) is 3.94. The fourth-order valence-corrected chi connectivity index (χ4v) is 2.77. The molecular formula is C18H23N. The van der Waals surface area contributed by atoms with E-state index in [2.05, 4.69) is 58.0 Å². The Labute approximate surface area is 116 Å². The van der Waals surface area contributed by atoms with E-state index in [9.17, 15) is 0 Å². The lowest BCUT2D eigenvalue weighted by Gasteiger charge is -2.17. The van der Waals surface area contributed by atoms with Gasteiger partial charge in [-0.2, -0.15) is 0 Å². The standard InChI is InChI=1S/C18H23N/c1-5-14-8-7-9-15(6-2)17(14)16-11-12(3)10-13(4)18(16)19/h7-11H,5-6,19H2,1-4H3. The van der Waals surface area contributed by atoms with E-state index in [1.54, 1.807) is 0 Å². The van der Waals surface area contributed by atoms with Gasteiger partial charge in [0.05, 0.1) is 0 Å². The lowest BCUT2D eigenvalue weighted by molar-refractivity contribution is 1.09. The lowest BCUT2D eigenvalue weighted by atomic mass is 9.89. The van der Waals surface area contributed by atoms with Gasteiger partial charge in [0.15, 0.2) is 0 Å². The van der Waals surface area contributed by atoms with Crippen molar-refractivity contribution in [2.75, 3.05) is 5.73 Å². The molecule has 2 aromatic rings. The first kappa shape index (κ1) is 13.7. The highest BCUT2D eigenvalue weighted by Gasteiger charge is 2.13. The van der Waals surface area contributed by atoms with Crippen LogP contribution in [0.2, 0.25) is 0 Å². The smallest absolute Gasteiger partial charge is 0.0423 e. The highest BCUT2D eigenvalue weighted by atomic mass is 14.6. The summed E-state index contributed by atoms with van der Waals surface area (Å²) in [6, 6.07) is 11.0. The van der Waals surface area contributed by atoms with E-state index in [0.717, 1.165) is 18.5 Å². The minimum atomic E-state index is 0.918. The van der Waals surface area contributed by atoms with Gasteiger partial charge in [0.25, 0.3) is 0 Å². The molecule has 0 radical (unpaired) electrons. The Balaban J connectivity index is 2.77. The molecule has 1 heteroatoms. The monoisotopic (exact) mass is 253 g/mol. The molecular weight excluding hydrogens is 230 g/mol. The highest BCUT2D eigenvalue weighted by molar-refractivity contribution is 5.83. The van der Waals surface area contributed by atoms with Crippen LogP contribution in [0.3, 0.4) is 0 Å². The maximum Gasteiger partial charge on any atom is 0.0423 e. The van der Waals surface area contributed by atoms with E-state index in [4.69, 9.17) is 5.73 Å². The number of rotatable bonds is 3. The van der Waals surface area contributed by atoms with Gasteiger partial charge in [0, 0.05) is 11.3 Å². The molecule has 0 fully saturated rings. The number of nitrogens with two attached hydrogens (primary N) is 1. The van der Waals surface area contributed by atoms with Crippen molar-refractivity contribution in [3.05, 3.63) is 52.6 Å². The molecule has 0 unspecified atom stereocenters. The Morgan fingerprint density at radius 2 is 1.53 bits per heavy atom. The molecule has 19 heavy (non-hydrogen) atoms. The summed E-state index contributed by atoms with van der Waals surface area (Å²) in [5.41, 5.74) is 15.0. The Hall–Kier alpha value is -1.76. The summed E-state index contributed by atoms with van der Waals surface area (Å²) in [5, 5.41) is 0. The average Bonchev–Trinajstić information content (AvgIpc) is 2.41. The number of hydrogen-bond acceptors (Lipinski definition) is 1. The van der Waals surface area contributed by atoms with Gasteiger partial charge < -0.3 is 5.73 Å². The molecule has 0 bridgehead atoms. The van der Waals surface area contributed by atoms with Crippen LogP contribution < -0.4 is 5.73 Å². The number of aryl methyl sites for hydroxylation is 4. The van der Waals surface area contributed by atoms with Gasteiger partial charge in [-0.3, -0.25) is 0 Å². The van der Waals surface area contributed by atoms with Crippen LogP contribution in [0.5, 0.6) is 0 Å². The average molecular weight is 253 g/mol. The fraction of sp³-hybridized carbons (Fsp3) is 0.333. The topological polar surface area (TPSA) is 26.0 Å². The third kappa shape index (κ3) is 2.51. The third-order valence-corrected chi connectivity index (χ3v) is 3.80. The number of nitrogen functional groups attached to an aromatic ring is 1. The van der Waals surface area contributed by atoms with E-state index in [1.165, 1.54) is 33.4 Å². The van der Waals surface area contributed by atoms with Crippen molar-refractivity contribution in [1.82, 2.24) is 0 Å². The first-order chi connectivity index (χ1) is 9.08. The van der Waals surface area contributed by atoms with Crippen molar-refractivity contribution in [1.29, 1.82) is 0 Å². The summed E-state index contributed by atoms with van der Waals surface area (Å²) in [6.07, 6.45) is 2.07. The summed E-state index contributed by atoms with van der Waals surface area (Å²) >= 11 is 0. The molecule has 100 valence electrons. The van der Waals surface area contributed by atoms with Crippen LogP contribution in [0.15, 0.2) is 30.3 Å². The predicted molar refractivity (Wildman–Crippen MR) is 84.5 cm³/mol. The van der Waals surface area contributed by atoms with Crippen molar-refractivity contribution >= 4 is 5.69 Å². The van der Waals surface area contributed by atoms with Gasteiger partial charge in [-0.1, -0.05) is 43.7 Å². The molecule has 2 rings (SSSR count). The highest BCUT2D eigenvalue weighted by Crippen LogP contribution is 2.35. The van der Waals surface area contributed by atoms with Gasteiger partial charge in [0.2, 0.25) is 0 Å². The van der Waals surface area contributed by atoms with Crippen LogP contribution in [0.1, 0.15) is 36.1 Å². The minimum absolute atomic E-state index is 0.918. The molecule has 2 aromatic carbocycles. The van der Waals surface area contributed by atoms with Crippen molar-refractivity contribution in [2.45, 2.75) is 40.5 Å². The molecule has 0 aliphatic heterocycles. The van der Waals surface area contributed by atoms with Crippen molar-refractivity contribution in [3.63, 3.8) is 0 Å². The molecule has 0 aliphatic carbocycles. The zero-order valence-electron chi connectivity index (χ0n) is 12.4. The first-order valence-electron chi connectivity index (χ1n) is 7.06. The van der Waals surface area contributed by atoms with Crippen LogP contribution in [0.25, 0.3) is 11.1 Å². The second-order valence-electron chi connectivity index (χ2n) is 5.20. The van der Waals surface area contributed by atoms with Crippen molar-refractivity contribution in [3.8, 4) is 11.1 Å². The van der Waals surface area contributed by atoms with E-state index in [0.29, 0.717) is 0 Å². The summed E-state index contributed by atoms with van der Waals surface area (Å²) in [5.74, 6) is 0. The van der Waals surface area contributed by atoms with E-state index in [1.807, 2.05) is 0 Å². The van der Waals surface area contributed by atoms with Crippen LogP contribution in [0.4, 0.5) is 5.69 Å². The van der Waals surface area contributed by atoms with Crippen molar-refractivity contribution < 1.29 is 0 Å². The number of anilines is 1. The minimum Gasteiger partial charge on any atom is -0.398 e. The molecule has 2 N–H and O–H groups in total. The Morgan fingerprint density at radius 3 is 2.05 bits per heavy atom. The zero-order chi connectivity index (χ0) is 14.0. The normalized spacial score (nSPS) is 10.7. The Bertz CT molecular complexity index is 575. The molecule has 0 atom stereocenters. The number of hydrogen-bond donors (Lipinski definition) is 1. The first-order valence-corrected chi connectivity index (χ1v) is 7.06. The fourth-order valence-electron chi connectivity index (χ4n) is 2.77. The second-order valence-corrected chi connectivity index (χ2v) is 5.20.